The standard InChI is InChI=1S/C21H23F3N2O4S/c1-15-3-8-19(16(2)13-15)30-14-20(27)25-9-11-26(12-10-25)31(28,29)18-6-4-17(5-7-18)21(22,23)24/h3-8,13H,9-12,14H2,1-2H3. The zero-order valence-electron chi connectivity index (χ0n) is 17.1. The first-order chi connectivity index (χ1) is 14.5. The van der Waals surface area contributed by atoms with Crippen molar-refractivity contribution in [3.05, 3.63) is 59.2 Å². The van der Waals surface area contributed by atoms with Crippen LogP contribution in [-0.2, 0) is 21.0 Å². The van der Waals surface area contributed by atoms with Crippen molar-refractivity contribution >= 4 is 15.9 Å². The van der Waals surface area contributed by atoms with Gasteiger partial charge in [0.1, 0.15) is 5.75 Å². The second-order valence-corrected chi connectivity index (χ2v) is 9.30. The number of amides is 1. The lowest BCUT2D eigenvalue weighted by atomic mass is 10.1. The van der Waals surface area contributed by atoms with E-state index in [1.165, 1.54) is 9.21 Å². The molecule has 3 rings (SSSR count). The Morgan fingerprint density at radius 1 is 1.00 bits per heavy atom. The fourth-order valence-electron chi connectivity index (χ4n) is 3.33. The predicted molar refractivity (Wildman–Crippen MR) is 108 cm³/mol. The van der Waals surface area contributed by atoms with Crippen LogP contribution in [0.3, 0.4) is 0 Å². The second kappa shape index (κ2) is 8.88. The van der Waals surface area contributed by atoms with Crippen molar-refractivity contribution in [2.24, 2.45) is 0 Å². The lowest BCUT2D eigenvalue weighted by molar-refractivity contribution is -0.137. The lowest BCUT2D eigenvalue weighted by Gasteiger charge is -2.34. The minimum Gasteiger partial charge on any atom is -0.484 e. The molecule has 10 heteroatoms. The first-order valence-electron chi connectivity index (χ1n) is 9.64. The van der Waals surface area contributed by atoms with E-state index in [4.69, 9.17) is 4.74 Å². The Hall–Kier alpha value is -2.59. The highest BCUT2D eigenvalue weighted by molar-refractivity contribution is 7.89. The molecule has 0 N–H and O–H groups in total. The molecule has 2 aromatic rings. The fourth-order valence-corrected chi connectivity index (χ4v) is 4.76. The van der Waals surface area contributed by atoms with Gasteiger partial charge in [-0.15, -0.1) is 0 Å². The molecule has 2 aromatic carbocycles. The van der Waals surface area contributed by atoms with E-state index in [-0.39, 0.29) is 43.6 Å². The normalized spacial score (nSPS) is 15.7. The van der Waals surface area contributed by atoms with Gasteiger partial charge in [-0.2, -0.15) is 17.5 Å². The van der Waals surface area contributed by atoms with Crippen LogP contribution in [0, 0.1) is 13.8 Å². The van der Waals surface area contributed by atoms with Crippen LogP contribution in [0.15, 0.2) is 47.4 Å². The van der Waals surface area contributed by atoms with Crippen LogP contribution in [0.4, 0.5) is 13.2 Å². The van der Waals surface area contributed by atoms with E-state index in [1.54, 1.807) is 6.07 Å². The number of carbonyl (C=O) groups is 1. The Morgan fingerprint density at radius 3 is 2.16 bits per heavy atom. The number of sulfonamides is 1. The molecule has 0 atom stereocenters. The Kier molecular flexibility index (Phi) is 6.61. The average molecular weight is 456 g/mol. The molecule has 0 radical (unpaired) electrons. The molecule has 1 aliphatic rings. The Balaban J connectivity index is 1.57. The van der Waals surface area contributed by atoms with Gasteiger partial charge in [0.05, 0.1) is 10.5 Å². The topological polar surface area (TPSA) is 66.9 Å². The molecule has 0 spiro atoms. The monoisotopic (exact) mass is 456 g/mol. The summed E-state index contributed by atoms with van der Waals surface area (Å²) in [6.07, 6.45) is -4.53. The van der Waals surface area contributed by atoms with Crippen LogP contribution in [0.1, 0.15) is 16.7 Å². The zero-order chi connectivity index (χ0) is 22.8. The van der Waals surface area contributed by atoms with E-state index in [9.17, 15) is 26.4 Å². The van der Waals surface area contributed by atoms with Crippen LogP contribution in [0.2, 0.25) is 0 Å². The van der Waals surface area contributed by atoms with E-state index in [0.29, 0.717) is 5.75 Å². The Morgan fingerprint density at radius 2 is 1.61 bits per heavy atom. The van der Waals surface area contributed by atoms with Crippen molar-refractivity contribution in [2.75, 3.05) is 32.8 Å². The molecule has 1 aliphatic heterocycles. The molecule has 0 saturated carbocycles. The SMILES string of the molecule is Cc1ccc(OCC(=O)N2CCN(S(=O)(=O)c3ccc(C(F)(F)F)cc3)CC2)c(C)c1. The van der Waals surface area contributed by atoms with Gasteiger partial charge >= 0.3 is 6.18 Å². The summed E-state index contributed by atoms with van der Waals surface area (Å²) in [6.45, 7) is 4.15. The maximum atomic E-state index is 12.7. The maximum absolute atomic E-state index is 12.7. The minimum atomic E-state index is -4.53. The summed E-state index contributed by atoms with van der Waals surface area (Å²) in [5.74, 6) is 0.356. The van der Waals surface area contributed by atoms with Crippen LogP contribution in [0.25, 0.3) is 0 Å². The summed E-state index contributed by atoms with van der Waals surface area (Å²) in [5, 5.41) is 0. The van der Waals surface area contributed by atoms with Crippen molar-refractivity contribution in [2.45, 2.75) is 24.9 Å². The van der Waals surface area contributed by atoms with Crippen LogP contribution < -0.4 is 4.74 Å². The van der Waals surface area contributed by atoms with E-state index < -0.39 is 21.8 Å². The van der Waals surface area contributed by atoms with Gasteiger partial charge < -0.3 is 9.64 Å². The molecule has 0 unspecified atom stereocenters. The third-order valence-corrected chi connectivity index (χ3v) is 7.01. The van der Waals surface area contributed by atoms with Crippen molar-refractivity contribution in [1.82, 2.24) is 9.21 Å². The molecule has 0 aromatic heterocycles. The van der Waals surface area contributed by atoms with Crippen molar-refractivity contribution < 1.29 is 31.1 Å². The highest BCUT2D eigenvalue weighted by Crippen LogP contribution is 2.30. The first-order valence-corrected chi connectivity index (χ1v) is 11.1. The number of benzene rings is 2. The van der Waals surface area contributed by atoms with Crippen LogP contribution >= 0.6 is 0 Å². The molecule has 1 heterocycles. The maximum Gasteiger partial charge on any atom is 0.416 e. The molecule has 31 heavy (non-hydrogen) atoms. The number of aryl methyl sites for hydroxylation is 2. The summed E-state index contributed by atoms with van der Waals surface area (Å²) < 4.78 is 70.3. The predicted octanol–water partition coefficient (Wildman–Crippen LogP) is 3.23. The number of carbonyl (C=O) groups excluding carboxylic acids is 1. The molecule has 1 amide bonds. The van der Waals surface area contributed by atoms with Crippen molar-refractivity contribution in [1.29, 1.82) is 0 Å². The summed E-state index contributed by atoms with van der Waals surface area (Å²) in [4.78, 5) is 13.7. The summed E-state index contributed by atoms with van der Waals surface area (Å²) >= 11 is 0. The smallest absolute Gasteiger partial charge is 0.416 e. The van der Waals surface area contributed by atoms with Gasteiger partial charge in [-0.25, -0.2) is 8.42 Å². The van der Waals surface area contributed by atoms with Gasteiger partial charge in [-0.05, 0) is 49.7 Å². The molecule has 6 nitrogen and oxygen atoms in total. The zero-order valence-corrected chi connectivity index (χ0v) is 18.0. The average Bonchev–Trinajstić information content (AvgIpc) is 2.72. The number of hydrogen-bond donors (Lipinski definition) is 0. The van der Waals surface area contributed by atoms with Gasteiger partial charge in [-0.1, -0.05) is 17.7 Å². The van der Waals surface area contributed by atoms with Gasteiger partial charge in [0.15, 0.2) is 6.61 Å². The van der Waals surface area contributed by atoms with Crippen LogP contribution in [-0.4, -0.2) is 56.3 Å². The van der Waals surface area contributed by atoms with Gasteiger partial charge in [0.25, 0.3) is 5.91 Å². The lowest BCUT2D eigenvalue weighted by Crippen LogP contribution is -2.51. The molecule has 0 bridgehead atoms. The van der Waals surface area contributed by atoms with Gasteiger partial charge in [0.2, 0.25) is 10.0 Å². The van der Waals surface area contributed by atoms with Crippen molar-refractivity contribution in [3.8, 4) is 5.75 Å². The molecule has 168 valence electrons. The summed E-state index contributed by atoms with van der Waals surface area (Å²) in [7, 11) is -3.94. The van der Waals surface area contributed by atoms with E-state index in [0.717, 1.165) is 35.4 Å². The Labute approximate surface area is 179 Å². The number of hydrogen-bond acceptors (Lipinski definition) is 4. The summed E-state index contributed by atoms with van der Waals surface area (Å²) in [6, 6.07) is 9.03. The molecular weight excluding hydrogens is 433 g/mol. The third-order valence-electron chi connectivity index (χ3n) is 5.09. The molecule has 1 fully saturated rings. The Bertz CT molecular complexity index is 1050. The number of alkyl halides is 3. The van der Waals surface area contributed by atoms with E-state index >= 15 is 0 Å². The summed E-state index contributed by atoms with van der Waals surface area (Å²) in [5.41, 5.74) is 1.09. The largest absolute Gasteiger partial charge is 0.484 e. The number of ether oxygens (including phenoxy) is 1. The van der Waals surface area contributed by atoms with E-state index in [1.807, 2.05) is 26.0 Å². The number of nitrogens with zero attached hydrogens (tertiary/aromatic N) is 2. The number of piperazine rings is 1. The second-order valence-electron chi connectivity index (χ2n) is 7.36. The van der Waals surface area contributed by atoms with Crippen LogP contribution in [0.5, 0.6) is 5.75 Å². The molecule has 0 aliphatic carbocycles. The highest BCUT2D eigenvalue weighted by Gasteiger charge is 2.33. The third kappa shape index (κ3) is 5.37. The fraction of sp³-hybridized carbons (Fsp3) is 0.381. The van der Waals surface area contributed by atoms with Crippen molar-refractivity contribution in [3.63, 3.8) is 0 Å². The first kappa shape index (κ1) is 23.1. The minimum absolute atomic E-state index is 0.0542. The van der Waals surface area contributed by atoms with Gasteiger partial charge in [-0.3, -0.25) is 4.79 Å². The van der Waals surface area contributed by atoms with E-state index in [2.05, 4.69) is 0 Å². The quantitative estimate of drug-likeness (QED) is 0.693. The highest BCUT2D eigenvalue weighted by atomic mass is 32.2. The molecular formula is C21H23F3N2O4S. The van der Waals surface area contributed by atoms with Gasteiger partial charge in [0, 0.05) is 26.2 Å². The molecule has 1 saturated heterocycles. The number of rotatable bonds is 5. The number of halogens is 3.